The summed E-state index contributed by atoms with van der Waals surface area (Å²) < 4.78 is 36.6. The molecular formula is C7H9F3N4. The van der Waals surface area contributed by atoms with Crippen molar-refractivity contribution in [2.75, 3.05) is 5.73 Å². The number of alkyl halides is 3. The molecule has 7 heteroatoms. The largest absolute Gasteiger partial charge is 0.433 e. The van der Waals surface area contributed by atoms with Crippen LogP contribution in [0.1, 0.15) is 17.6 Å². The summed E-state index contributed by atoms with van der Waals surface area (Å²) in [4.78, 5) is 3.25. The summed E-state index contributed by atoms with van der Waals surface area (Å²) in [7, 11) is 0. The lowest BCUT2D eigenvalue weighted by molar-refractivity contribution is -0.141. The molecule has 0 bridgehead atoms. The average Bonchev–Trinajstić information content (AvgIpc) is 2.01. The van der Waals surface area contributed by atoms with E-state index in [4.69, 9.17) is 17.2 Å². The van der Waals surface area contributed by atoms with E-state index in [1.54, 1.807) is 0 Å². The van der Waals surface area contributed by atoms with E-state index in [2.05, 4.69) is 4.98 Å². The van der Waals surface area contributed by atoms with Crippen LogP contribution in [-0.4, -0.2) is 4.98 Å². The molecule has 0 saturated heterocycles. The van der Waals surface area contributed by atoms with Crippen LogP contribution in [0.15, 0.2) is 12.1 Å². The van der Waals surface area contributed by atoms with E-state index < -0.39 is 18.0 Å². The Balaban J connectivity index is 3.21. The summed E-state index contributed by atoms with van der Waals surface area (Å²) in [5.41, 5.74) is 14.4. The zero-order valence-corrected chi connectivity index (χ0v) is 7.05. The molecule has 0 fully saturated rings. The molecule has 14 heavy (non-hydrogen) atoms. The van der Waals surface area contributed by atoms with Crippen LogP contribution in [0.2, 0.25) is 0 Å². The summed E-state index contributed by atoms with van der Waals surface area (Å²) in [6.45, 7) is 0. The minimum absolute atomic E-state index is 0.0665. The van der Waals surface area contributed by atoms with Crippen LogP contribution < -0.4 is 17.2 Å². The first kappa shape index (κ1) is 10.7. The maximum absolute atomic E-state index is 12.2. The van der Waals surface area contributed by atoms with Gasteiger partial charge in [0.1, 0.15) is 5.69 Å². The van der Waals surface area contributed by atoms with Gasteiger partial charge in [0, 0.05) is 5.69 Å². The Morgan fingerprint density at radius 1 is 1.21 bits per heavy atom. The Hall–Kier alpha value is -1.34. The van der Waals surface area contributed by atoms with Crippen LogP contribution in [-0.2, 0) is 6.18 Å². The Morgan fingerprint density at radius 2 is 1.79 bits per heavy atom. The predicted molar refractivity (Wildman–Crippen MR) is 44.8 cm³/mol. The monoisotopic (exact) mass is 206 g/mol. The number of rotatable bonds is 1. The molecule has 1 heterocycles. The van der Waals surface area contributed by atoms with Crippen molar-refractivity contribution in [3.05, 3.63) is 23.5 Å². The van der Waals surface area contributed by atoms with Crippen molar-refractivity contribution in [1.29, 1.82) is 0 Å². The van der Waals surface area contributed by atoms with E-state index in [0.29, 0.717) is 0 Å². The fourth-order valence-electron chi connectivity index (χ4n) is 0.890. The van der Waals surface area contributed by atoms with Crippen molar-refractivity contribution >= 4 is 5.69 Å². The molecular weight excluding hydrogens is 197 g/mol. The van der Waals surface area contributed by atoms with E-state index in [-0.39, 0.29) is 11.4 Å². The van der Waals surface area contributed by atoms with Crippen LogP contribution in [0.25, 0.3) is 0 Å². The Labute approximate surface area is 77.9 Å². The van der Waals surface area contributed by atoms with E-state index in [0.717, 1.165) is 6.07 Å². The number of anilines is 1. The molecule has 0 spiro atoms. The zero-order valence-electron chi connectivity index (χ0n) is 7.05. The predicted octanol–water partition coefficient (Wildman–Crippen LogP) is 0.599. The van der Waals surface area contributed by atoms with Crippen molar-refractivity contribution in [2.24, 2.45) is 11.5 Å². The highest BCUT2D eigenvalue weighted by Gasteiger charge is 2.33. The fourth-order valence-corrected chi connectivity index (χ4v) is 0.890. The first-order valence-electron chi connectivity index (χ1n) is 3.66. The maximum Gasteiger partial charge on any atom is 0.433 e. The average molecular weight is 206 g/mol. The second kappa shape index (κ2) is 3.43. The Morgan fingerprint density at radius 3 is 2.21 bits per heavy atom. The van der Waals surface area contributed by atoms with Crippen LogP contribution >= 0.6 is 0 Å². The molecule has 78 valence electrons. The van der Waals surface area contributed by atoms with E-state index in [9.17, 15) is 13.2 Å². The molecule has 6 N–H and O–H groups in total. The number of aromatic nitrogens is 1. The van der Waals surface area contributed by atoms with Gasteiger partial charge in [-0.3, -0.25) is 0 Å². The number of nitrogen functional groups attached to an aromatic ring is 1. The summed E-state index contributed by atoms with van der Waals surface area (Å²) in [5.74, 6) is 0. The molecule has 0 saturated carbocycles. The van der Waals surface area contributed by atoms with Gasteiger partial charge >= 0.3 is 6.18 Å². The van der Waals surface area contributed by atoms with Gasteiger partial charge in [0.15, 0.2) is 0 Å². The van der Waals surface area contributed by atoms with E-state index in [1.807, 2.05) is 0 Å². The maximum atomic E-state index is 12.2. The van der Waals surface area contributed by atoms with Crippen molar-refractivity contribution < 1.29 is 13.2 Å². The molecule has 1 aromatic heterocycles. The number of hydrogen-bond donors (Lipinski definition) is 3. The first-order valence-corrected chi connectivity index (χ1v) is 3.66. The molecule has 0 unspecified atom stereocenters. The number of hydrogen-bond acceptors (Lipinski definition) is 4. The Bertz CT molecular complexity index is 334. The molecule has 0 aliphatic rings. The number of halogens is 3. The fraction of sp³-hybridized carbons (Fsp3) is 0.286. The topological polar surface area (TPSA) is 91.0 Å². The summed E-state index contributed by atoms with van der Waals surface area (Å²) in [6.07, 6.45) is -5.61. The van der Waals surface area contributed by atoms with Gasteiger partial charge in [0.25, 0.3) is 0 Å². The smallest absolute Gasteiger partial charge is 0.399 e. The SMILES string of the molecule is Nc1cc(C(N)N)nc(C(F)(F)F)c1. The highest BCUT2D eigenvalue weighted by atomic mass is 19.4. The zero-order chi connectivity index (χ0) is 10.9. The second-order valence-electron chi connectivity index (χ2n) is 2.73. The summed E-state index contributed by atoms with van der Waals surface area (Å²) in [5, 5.41) is 0. The molecule has 0 aromatic carbocycles. The van der Waals surface area contributed by atoms with E-state index >= 15 is 0 Å². The molecule has 0 radical (unpaired) electrons. The van der Waals surface area contributed by atoms with Crippen LogP contribution in [0.5, 0.6) is 0 Å². The van der Waals surface area contributed by atoms with Gasteiger partial charge in [-0.25, -0.2) is 4.98 Å². The standard InChI is InChI=1S/C7H9F3N4/c8-7(9,10)5-2-3(11)1-4(14-5)6(12)13/h1-2,6H,12-13H2,(H2,11,14). The second-order valence-corrected chi connectivity index (χ2v) is 2.73. The quantitative estimate of drug-likeness (QED) is 0.587. The molecule has 0 amide bonds. The van der Waals surface area contributed by atoms with Gasteiger partial charge in [-0.05, 0) is 12.1 Å². The van der Waals surface area contributed by atoms with Crippen molar-refractivity contribution in [2.45, 2.75) is 12.3 Å². The highest BCUT2D eigenvalue weighted by molar-refractivity contribution is 5.41. The summed E-state index contributed by atoms with van der Waals surface area (Å²) in [6, 6.07) is 1.94. The minimum Gasteiger partial charge on any atom is -0.399 e. The lowest BCUT2D eigenvalue weighted by Gasteiger charge is -2.11. The third-order valence-electron chi connectivity index (χ3n) is 1.50. The lowest BCUT2D eigenvalue weighted by atomic mass is 10.2. The lowest BCUT2D eigenvalue weighted by Crippen LogP contribution is -2.23. The number of pyridine rings is 1. The summed E-state index contributed by atoms with van der Waals surface area (Å²) >= 11 is 0. The molecule has 0 aliphatic heterocycles. The van der Waals surface area contributed by atoms with Gasteiger partial charge in [-0.2, -0.15) is 13.2 Å². The van der Waals surface area contributed by atoms with Gasteiger partial charge in [0.2, 0.25) is 0 Å². The highest BCUT2D eigenvalue weighted by Crippen LogP contribution is 2.29. The van der Waals surface area contributed by atoms with Crippen molar-refractivity contribution in [3.63, 3.8) is 0 Å². The molecule has 1 aromatic rings. The van der Waals surface area contributed by atoms with Gasteiger partial charge in [0.05, 0.1) is 11.9 Å². The van der Waals surface area contributed by atoms with Gasteiger partial charge < -0.3 is 17.2 Å². The van der Waals surface area contributed by atoms with Crippen molar-refractivity contribution in [1.82, 2.24) is 4.98 Å². The minimum atomic E-state index is -4.54. The van der Waals surface area contributed by atoms with Crippen molar-refractivity contribution in [3.8, 4) is 0 Å². The molecule has 0 atom stereocenters. The molecule has 4 nitrogen and oxygen atoms in total. The van der Waals surface area contributed by atoms with E-state index in [1.165, 1.54) is 6.07 Å². The van der Waals surface area contributed by atoms with Gasteiger partial charge in [-0.15, -0.1) is 0 Å². The van der Waals surface area contributed by atoms with Crippen LogP contribution in [0.4, 0.5) is 18.9 Å². The molecule has 0 aliphatic carbocycles. The third kappa shape index (κ3) is 2.33. The van der Waals surface area contributed by atoms with Gasteiger partial charge in [-0.1, -0.05) is 0 Å². The number of nitrogens with two attached hydrogens (primary N) is 3. The third-order valence-corrected chi connectivity index (χ3v) is 1.50. The van der Waals surface area contributed by atoms with Crippen LogP contribution in [0.3, 0.4) is 0 Å². The molecule has 1 rings (SSSR count). The Kier molecular flexibility index (Phi) is 2.63. The first-order chi connectivity index (χ1) is 6.30. The number of nitrogens with zero attached hydrogens (tertiary/aromatic N) is 1. The van der Waals surface area contributed by atoms with Crippen LogP contribution in [0, 0.1) is 0 Å². The normalized spacial score (nSPS) is 12.1.